The topological polar surface area (TPSA) is 167 Å². The SMILES string of the molecule is CC(=O)OCCCOC1C(OC(C)=O)C(OC(C)=O)C(OC(C)=O)C(OC(C)=O)[C@@H]1OC(C)=O. The Hall–Kier alpha value is -3.22. The van der Waals surface area contributed by atoms with E-state index in [0.717, 1.165) is 34.6 Å². The van der Waals surface area contributed by atoms with Gasteiger partial charge in [0.05, 0.1) is 13.2 Å². The van der Waals surface area contributed by atoms with Crippen molar-refractivity contribution in [3.8, 4) is 0 Å². The molecule has 0 bridgehead atoms. The van der Waals surface area contributed by atoms with Crippen LogP contribution >= 0.6 is 0 Å². The Bertz CT molecular complexity index is 733. The molecule has 1 saturated carbocycles. The van der Waals surface area contributed by atoms with E-state index >= 15 is 0 Å². The van der Waals surface area contributed by atoms with Gasteiger partial charge in [0.2, 0.25) is 0 Å². The molecular weight excluding hydrogens is 460 g/mol. The third-order valence-corrected chi connectivity index (χ3v) is 4.36. The molecule has 0 amide bonds. The van der Waals surface area contributed by atoms with Crippen LogP contribution in [0.5, 0.6) is 0 Å². The first-order chi connectivity index (χ1) is 15.8. The molecule has 0 aromatic heterocycles. The average molecular weight is 490 g/mol. The van der Waals surface area contributed by atoms with Gasteiger partial charge in [-0.25, -0.2) is 0 Å². The Labute approximate surface area is 196 Å². The molecule has 1 aliphatic rings. The van der Waals surface area contributed by atoms with E-state index in [2.05, 4.69) is 0 Å². The highest BCUT2D eigenvalue weighted by Crippen LogP contribution is 2.34. The van der Waals surface area contributed by atoms with Crippen molar-refractivity contribution in [1.82, 2.24) is 0 Å². The smallest absolute Gasteiger partial charge is 0.303 e. The lowest BCUT2D eigenvalue weighted by molar-refractivity contribution is -0.262. The highest BCUT2D eigenvalue weighted by molar-refractivity contribution is 5.70. The molecule has 0 N–H and O–H groups in total. The third kappa shape index (κ3) is 9.33. The molecule has 0 aromatic rings. The van der Waals surface area contributed by atoms with Gasteiger partial charge >= 0.3 is 35.8 Å². The van der Waals surface area contributed by atoms with E-state index < -0.39 is 72.4 Å². The zero-order chi connectivity index (χ0) is 26.0. The molecule has 5 unspecified atom stereocenters. The van der Waals surface area contributed by atoms with Crippen LogP contribution in [0.15, 0.2) is 0 Å². The maximum absolute atomic E-state index is 11.9. The molecule has 0 saturated heterocycles. The van der Waals surface area contributed by atoms with Gasteiger partial charge in [0.1, 0.15) is 6.10 Å². The van der Waals surface area contributed by atoms with Gasteiger partial charge in [0.15, 0.2) is 30.5 Å². The normalized spacial score (nSPS) is 25.9. The summed E-state index contributed by atoms with van der Waals surface area (Å²) in [6, 6.07) is 0. The van der Waals surface area contributed by atoms with Crippen molar-refractivity contribution in [1.29, 1.82) is 0 Å². The zero-order valence-electron chi connectivity index (χ0n) is 19.9. The van der Waals surface area contributed by atoms with Gasteiger partial charge in [-0.15, -0.1) is 0 Å². The van der Waals surface area contributed by atoms with Gasteiger partial charge in [-0.1, -0.05) is 0 Å². The predicted molar refractivity (Wildman–Crippen MR) is 109 cm³/mol. The van der Waals surface area contributed by atoms with Crippen molar-refractivity contribution in [3.63, 3.8) is 0 Å². The van der Waals surface area contributed by atoms with Crippen molar-refractivity contribution in [2.45, 2.75) is 84.6 Å². The number of ether oxygens (including phenoxy) is 7. The van der Waals surface area contributed by atoms with Crippen LogP contribution in [0, 0.1) is 0 Å². The third-order valence-electron chi connectivity index (χ3n) is 4.36. The molecule has 13 nitrogen and oxygen atoms in total. The minimum Gasteiger partial charge on any atom is -0.466 e. The van der Waals surface area contributed by atoms with Gasteiger partial charge in [0, 0.05) is 48.0 Å². The summed E-state index contributed by atoms with van der Waals surface area (Å²) in [6.07, 6.45) is -8.39. The number of hydrogen-bond acceptors (Lipinski definition) is 13. The Morgan fingerprint density at radius 1 is 0.441 bits per heavy atom. The standard InChI is InChI=1S/C21H30O13/c1-10(22)28-8-7-9-29-16-17(30-11(2)23)19(32-13(4)25)21(34-15(6)27)20(33-14(5)26)18(16)31-12(3)24/h16-21H,7-9H2,1-6H3/t16?,17-,18?,19?,20?,21?/m1/s1. The molecule has 0 aliphatic heterocycles. The van der Waals surface area contributed by atoms with Gasteiger partial charge < -0.3 is 33.2 Å². The Morgan fingerprint density at radius 2 is 0.735 bits per heavy atom. The van der Waals surface area contributed by atoms with Crippen LogP contribution in [0.25, 0.3) is 0 Å². The van der Waals surface area contributed by atoms with Crippen LogP contribution in [0.4, 0.5) is 0 Å². The Balaban J connectivity index is 3.48. The van der Waals surface area contributed by atoms with Gasteiger partial charge in [0.25, 0.3) is 0 Å². The minimum absolute atomic E-state index is 0.00927. The fourth-order valence-corrected chi connectivity index (χ4v) is 3.43. The monoisotopic (exact) mass is 490 g/mol. The second-order valence-electron chi connectivity index (χ2n) is 7.40. The van der Waals surface area contributed by atoms with Crippen LogP contribution in [0.3, 0.4) is 0 Å². The highest BCUT2D eigenvalue weighted by Gasteiger charge is 2.59. The molecule has 0 heterocycles. The van der Waals surface area contributed by atoms with Crippen LogP contribution in [0.2, 0.25) is 0 Å². The Kier molecular flexibility index (Phi) is 11.4. The van der Waals surface area contributed by atoms with E-state index in [1.54, 1.807) is 0 Å². The second kappa shape index (κ2) is 13.5. The Morgan fingerprint density at radius 3 is 1.00 bits per heavy atom. The van der Waals surface area contributed by atoms with E-state index in [4.69, 9.17) is 33.2 Å². The second-order valence-corrected chi connectivity index (χ2v) is 7.40. The summed E-state index contributed by atoms with van der Waals surface area (Å²) in [5.41, 5.74) is 0. The minimum atomic E-state index is -1.50. The first-order valence-corrected chi connectivity index (χ1v) is 10.4. The molecular formula is C21H30O13. The number of carbonyl (C=O) groups is 6. The average Bonchev–Trinajstić information content (AvgIpc) is 2.67. The number of rotatable bonds is 10. The van der Waals surface area contributed by atoms with Crippen LogP contribution < -0.4 is 0 Å². The van der Waals surface area contributed by atoms with Crippen molar-refractivity contribution in [3.05, 3.63) is 0 Å². The molecule has 1 aliphatic carbocycles. The molecule has 6 atom stereocenters. The summed E-state index contributed by atoms with van der Waals surface area (Å²) in [5.74, 6) is -4.57. The zero-order valence-corrected chi connectivity index (χ0v) is 19.9. The fourth-order valence-electron chi connectivity index (χ4n) is 3.43. The predicted octanol–water partition coefficient (Wildman–Crippen LogP) is -0.00310. The lowest BCUT2D eigenvalue weighted by atomic mass is 9.83. The van der Waals surface area contributed by atoms with E-state index in [9.17, 15) is 28.8 Å². The lowest BCUT2D eigenvalue weighted by Crippen LogP contribution is -2.68. The van der Waals surface area contributed by atoms with Crippen LogP contribution in [0.1, 0.15) is 48.0 Å². The highest BCUT2D eigenvalue weighted by atomic mass is 16.7. The molecule has 34 heavy (non-hydrogen) atoms. The van der Waals surface area contributed by atoms with Gasteiger partial charge in [-0.05, 0) is 0 Å². The fraction of sp³-hybridized carbons (Fsp3) is 0.714. The first kappa shape index (κ1) is 28.8. The van der Waals surface area contributed by atoms with E-state index in [0.29, 0.717) is 0 Å². The maximum Gasteiger partial charge on any atom is 0.303 e. The lowest BCUT2D eigenvalue weighted by Gasteiger charge is -2.47. The number of hydrogen-bond donors (Lipinski definition) is 0. The summed E-state index contributed by atoms with van der Waals surface area (Å²) in [4.78, 5) is 70.2. The van der Waals surface area contributed by atoms with Crippen molar-refractivity contribution < 1.29 is 61.9 Å². The summed E-state index contributed by atoms with van der Waals surface area (Å²) < 4.78 is 37.2. The molecule has 192 valence electrons. The van der Waals surface area contributed by atoms with E-state index in [1.807, 2.05) is 0 Å². The van der Waals surface area contributed by atoms with E-state index in [1.165, 1.54) is 6.92 Å². The summed E-state index contributed by atoms with van der Waals surface area (Å²) in [7, 11) is 0. The van der Waals surface area contributed by atoms with Crippen molar-refractivity contribution in [2.24, 2.45) is 0 Å². The van der Waals surface area contributed by atoms with E-state index in [-0.39, 0.29) is 19.6 Å². The maximum atomic E-state index is 11.9. The molecule has 1 rings (SSSR count). The molecule has 13 heteroatoms. The molecule has 1 fully saturated rings. The first-order valence-electron chi connectivity index (χ1n) is 10.4. The largest absolute Gasteiger partial charge is 0.466 e. The number of esters is 6. The molecule has 0 aromatic carbocycles. The van der Waals surface area contributed by atoms with Crippen molar-refractivity contribution >= 4 is 35.8 Å². The molecule has 0 radical (unpaired) electrons. The van der Waals surface area contributed by atoms with Gasteiger partial charge in [-0.2, -0.15) is 0 Å². The van der Waals surface area contributed by atoms with Gasteiger partial charge in [-0.3, -0.25) is 28.8 Å². The summed E-state index contributed by atoms with van der Waals surface area (Å²) in [5, 5.41) is 0. The summed E-state index contributed by atoms with van der Waals surface area (Å²) in [6.45, 7) is 6.55. The quantitative estimate of drug-likeness (QED) is 0.228. The summed E-state index contributed by atoms with van der Waals surface area (Å²) >= 11 is 0. The molecule has 0 spiro atoms. The van der Waals surface area contributed by atoms with Crippen LogP contribution in [-0.2, 0) is 61.9 Å². The number of carbonyl (C=O) groups excluding carboxylic acids is 6. The van der Waals surface area contributed by atoms with Crippen LogP contribution in [-0.4, -0.2) is 85.7 Å². The van der Waals surface area contributed by atoms with Crippen molar-refractivity contribution in [2.75, 3.05) is 13.2 Å².